The summed E-state index contributed by atoms with van der Waals surface area (Å²) in [6, 6.07) is 16.1. The fourth-order valence-electron chi connectivity index (χ4n) is 3.24. The van der Waals surface area contributed by atoms with Crippen molar-refractivity contribution in [3.63, 3.8) is 0 Å². The molecule has 0 atom stereocenters. The van der Waals surface area contributed by atoms with Crippen LogP contribution >= 0.6 is 11.8 Å². The number of aromatic amines is 1. The minimum Gasteiger partial charge on any atom is -0.378 e. The second-order valence-electron chi connectivity index (χ2n) is 7.00. The molecule has 2 N–H and O–H groups in total. The molecule has 2 heterocycles. The van der Waals surface area contributed by atoms with Crippen LogP contribution in [0, 0.1) is 0 Å². The van der Waals surface area contributed by atoms with Gasteiger partial charge in [-0.2, -0.15) is 0 Å². The number of amides is 1. The number of carbonyl (C=O) groups is 1. The molecule has 0 bridgehead atoms. The number of aryl methyl sites for hydroxylation is 1. The number of aromatic nitrogens is 3. The summed E-state index contributed by atoms with van der Waals surface area (Å²) >= 11 is 1.31. The fourth-order valence-corrected chi connectivity index (χ4v) is 3.84. The van der Waals surface area contributed by atoms with Gasteiger partial charge in [-0.25, -0.2) is 4.98 Å². The normalized spacial score (nSPS) is 14.0. The summed E-state index contributed by atoms with van der Waals surface area (Å²) in [5.74, 6) is 0.870. The standard InChI is InChI=1S/C22H25N5O2S/c1-2-16-3-5-17(6-4-16)21-24-22(26-25-21)30-15-20(28)23-18-7-9-19(10-8-18)27-11-13-29-14-12-27/h3-10H,2,11-15H2,1H3,(H,23,28)(H,24,25,26). The van der Waals surface area contributed by atoms with E-state index in [9.17, 15) is 4.79 Å². The number of benzene rings is 2. The molecule has 30 heavy (non-hydrogen) atoms. The lowest BCUT2D eigenvalue weighted by molar-refractivity contribution is -0.113. The second-order valence-corrected chi connectivity index (χ2v) is 7.94. The van der Waals surface area contributed by atoms with Crippen LogP contribution in [0.25, 0.3) is 11.4 Å². The molecule has 1 fully saturated rings. The van der Waals surface area contributed by atoms with Gasteiger partial charge in [-0.05, 0) is 36.2 Å². The largest absolute Gasteiger partial charge is 0.378 e. The highest BCUT2D eigenvalue weighted by atomic mass is 32.2. The van der Waals surface area contributed by atoms with E-state index in [-0.39, 0.29) is 11.7 Å². The van der Waals surface area contributed by atoms with E-state index in [2.05, 4.69) is 44.5 Å². The molecular formula is C22H25N5O2S. The van der Waals surface area contributed by atoms with Crippen LogP contribution in [0.3, 0.4) is 0 Å². The van der Waals surface area contributed by atoms with Crippen LogP contribution < -0.4 is 10.2 Å². The number of thioether (sulfide) groups is 1. The van der Waals surface area contributed by atoms with Gasteiger partial charge in [0, 0.05) is 30.0 Å². The Balaban J connectivity index is 1.28. The summed E-state index contributed by atoms with van der Waals surface area (Å²) < 4.78 is 5.38. The van der Waals surface area contributed by atoms with E-state index in [1.165, 1.54) is 17.3 Å². The van der Waals surface area contributed by atoms with Crippen LogP contribution in [0.4, 0.5) is 11.4 Å². The Morgan fingerprint density at radius 2 is 1.87 bits per heavy atom. The predicted molar refractivity (Wildman–Crippen MR) is 120 cm³/mol. The van der Waals surface area contributed by atoms with E-state index in [0.29, 0.717) is 11.0 Å². The van der Waals surface area contributed by atoms with Crippen molar-refractivity contribution in [1.29, 1.82) is 0 Å². The SMILES string of the molecule is CCc1ccc(-c2nc(SCC(=O)Nc3ccc(N4CCOCC4)cc3)n[nH]2)cc1. The van der Waals surface area contributed by atoms with Gasteiger partial charge < -0.3 is 15.0 Å². The van der Waals surface area contributed by atoms with Gasteiger partial charge >= 0.3 is 0 Å². The Hall–Kier alpha value is -2.84. The van der Waals surface area contributed by atoms with Crippen LogP contribution in [0.2, 0.25) is 0 Å². The van der Waals surface area contributed by atoms with Crippen molar-refractivity contribution in [3.8, 4) is 11.4 Å². The van der Waals surface area contributed by atoms with E-state index < -0.39 is 0 Å². The van der Waals surface area contributed by atoms with Gasteiger partial charge in [0.2, 0.25) is 11.1 Å². The number of H-pyrrole nitrogens is 1. The van der Waals surface area contributed by atoms with E-state index in [1.807, 2.05) is 36.4 Å². The van der Waals surface area contributed by atoms with Gasteiger partial charge in [-0.3, -0.25) is 9.89 Å². The third-order valence-corrected chi connectivity index (χ3v) is 5.81. The average Bonchev–Trinajstić information content (AvgIpc) is 3.28. The summed E-state index contributed by atoms with van der Waals surface area (Å²) in [6.45, 7) is 5.42. The van der Waals surface area contributed by atoms with Crippen molar-refractivity contribution < 1.29 is 9.53 Å². The number of rotatable bonds is 7. The molecule has 156 valence electrons. The van der Waals surface area contributed by atoms with Gasteiger partial charge in [-0.1, -0.05) is 43.0 Å². The van der Waals surface area contributed by atoms with E-state index >= 15 is 0 Å². The summed E-state index contributed by atoms with van der Waals surface area (Å²) in [7, 11) is 0. The van der Waals surface area contributed by atoms with Crippen LogP contribution in [-0.2, 0) is 16.0 Å². The molecule has 1 amide bonds. The molecule has 7 nitrogen and oxygen atoms in total. The first kappa shape index (κ1) is 20.4. The van der Waals surface area contributed by atoms with Gasteiger partial charge in [0.15, 0.2) is 5.82 Å². The number of nitrogens with zero attached hydrogens (tertiary/aromatic N) is 3. The maximum atomic E-state index is 12.3. The summed E-state index contributed by atoms with van der Waals surface area (Å²) in [5.41, 5.74) is 4.19. The molecule has 0 unspecified atom stereocenters. The van der Waals surface area contributed by atoms with E-state index in [0.717, 1.165) is 49.7 Å². The van der Waals surface area contributed by atoms with Crippen molar-refractivity contribution in [1.82, 2.24) is 15.2 Å². The zero-order chi connectivity index (χ0) is 20.8. The number of hydrogen-bond acceptors (Lipinski definition) is 6. The second kappa shape index (κ2) is 9.77. The topological polar surface area (TPSA) is 83.1 Å². The lowest BCUT2D eigenvalue weighted by atomic mass is 10.1. The number of nitrogens with one attached hydrogen (secondary N) is 2. The van der Waals surface area contributed by atoms with Crippen molar-refractivity contribution in [2.75, 3.05) is 42.3 Å². The lowest BCUT2D eigenvalue weighted by Gasteiger charge is -2.28. The first-order chi connectivity index (χ1) is 14.7. The zero-order valence-electron chi connectivity index (χ0n) is 16.9. The lowest BCUT2D eigenvalue weighted by Crippen LogP contribution is -2.36. The molecule has 0 aliphatic carbocycles. The maximum absolute atomic E-state index is 12.3. The van der Waals surface area contributed by atoms with Gasteiger partial charge in [0.05, 0.1) is 19.0 Å². The molecule has 1 aliphatic heterocycles. The smallest absolute Gasteiger partial charge is 0.234 e. The minimum atomic E-state index is -0.0854. The van der Waals surface area contributed by atoms with Gasteiger partial charge in [0.25, 0.3) is 0 Å². The fraction of sp³-hybridized carbons (Fsp3) is 0.318. The molecule has 8 heteroatoms. The van der Waals surface area contributed by atoms with Crippen LogP contribution in [0.5, 0.6) is 0 Å². The highest BCUT2D eigenvalue weighted by Gasteiger charge is 2.12. The number of carbonyl (C=O) groups excluding carboxylic acids is 1. The minimum absolute atomic E-state index is 0.0854. The average molecular weight is 424 g/mol. The van der Waals surface area contributed by atoms with Crippen molar-refractivity contribution in [2.24, 2.45) is 0 Å². The monoisotopic (exact) mass is 423 g/mol. The quantitative estimate of drug-likeness (QED) is 0.565. The molecule has 0 radical (unpaired) electrons. The van der Waals surface area contributed by atoms with Crippen LogP contribution in [0.1, 0.15) is 12.5 Å². The molecule has 1 aliphatic rings. The predicted octanol–water partition coefficient (Wildman–Crippen LogP) is 3.60. The van der Waals surface area contributed by atoms with Gasteiger partial charge in [-0.15, -0.1) is 5.10 Å². The maximum Gasteiger partial charge on any atom is 0.234 e. The highest BCUT2D eigenvalue weighted by Crippen LogP contribution is 2.21. The van der Waals surface area contributed by atoms with Crippen molar-refractivity contribution in [2.45, 2.75) is 18.5 Å². The molecule has 0 saturated carbocycles. The first-order valence-electron chi connectivity index (χ1n) is 10.1. The number of ether oxygens (including phenoxy) is 1. The Bertz CT molecular complexity index is 966. The van der Waals surface area contributed by atoms with Crippen LogP contribution in [0.15, 0.2) is 53.7 Å². The third kappa shape index (κ3) is 5.20. The molecule has 4 rings (SSSR count). The van der Waals surface area contributed by atoms with Gasteiger partial charge in [0.1, 0.15) is 0 Å². The Morgan fingerprint density at radius 3 is 2.57 bits per heavy atom. The van der Waals surface area contributed by atoms with E-state index in [1.54, 1.807) is 0 Å². The summed E-state index contributed by atoms with van der Waals surface area (Å²) in [5, 5.41) is 10.6. The molecular weight excluding hydrogens is 398 g/mol. The Kier molecular flexibility index (Phi) is 6.66. The van der Waals surface area contributed by atoms with E-state index in [4.69, 9.17) is 4.74 Å². The number of morpholine rings is 1. The number of hydrogen-bond donors (Lipinski definition) is 2. The molecule has 1 aromatic heterocycles. The first-order valence-corrected chi connectivity index (χ1v) is 11.1. The zero-order valence-corrected chi connectivity index (χ0v) is 17.7. The summed E-state index contributed by atoms with van der Waals surface area (Å²) in [6.07, 6.45) is 1.00. The molecule has 1 saturated heterocycles. The molecule has 3 aromatic rings. The van der Waals surface area contributed by atoms with Crippen molar-refractivity contribution in [3.05, 3.63) is 54.1 Å². The van der Waals surface area contributed by atoms with Crippen molar-refractivity contribution >= 4 is 29.0 Å². The third-order valence-electron chi connectivity index (χ3n) is 4.96. The molecule has 0 spiro atoms. The van der Waals surface area contributed by atoms with Crippen LogP contribution in [-0.4, -0.2) is 53.1 Å². The Labute approximate surface area is 180 Å². The molecule has 2 aromatic carbocycles. The summed E-state index contributed by atoms with van der Waals surface area (Å²) in [4.78, 5) is 19.1. The number of anilines is 2. The Morgan fingerprint density at radius 1 is 1.13 bits per heavy atom. The highest BCUT2D eigenvalue weighted by molar-refractivity contribution is 7.99.